The van der Waals surface area contributed by atoms with E-state index in [0.717, 1.165) is 35.1 Å². The highest BCUT2D eigenvalue weighted by molar-refractivity contribution is 6.31. The Hall–Kier alpha value is -1.71. The normalized spacial score (nSPS) is 17.0. The van der Waals surface area contributed by atoms with Crippen molar-refractivity contribution in [2.24, 2.45) is 0 Å². The molecular weight excluding hydrogens is 298 g/mol. The molecule has 0 spiro atoms. The Bertz CT molecular complexity index is 672. The average molecular weight is 318 g/mol. The van der Waals surface area contributed by atoms with Gasteiger partial charge in [-0.15, -0.1) is 0 Å². The molecule has 0 bridgehead atoms. The predicted molar refractivity (Wildman–Crippen MR) is 89.2 cm³/mol. The molecule has 0 aromatic heterocycles. The number of rotatable bonds is 4. The van der Waals surface area contributed by atoms with Gasteiger partial charge in [0.05, 0.1) is 19.8 Å². The van der Waals surface area contributed by atoms with E-state index in [1.54, 1.807) is 7.11 Å². The van der Waals surface area contributed by atoms with Crippen LogP contribution in [-0.2, 0) is 6.42 Å². The Morgan fingerprint density at radius 2 is 2.00 bits per heavy atom. The molecule has 2 aromatic rings. The summed E-state index contributed by atoms with van der Waals surface area (Å²) in [6.45, 7) is 3.50. The summed E-state index contributed by atoms with van der Waals surface area (Å²) in [5, 5.41) is 4.34. The van der Waals surface area contributed by atoms with E-state index in [-0.39, 0.29) is 6.04 Å². The van der Waals surface area contributed by atoms with Crippen molar-refractivity contribution in [1.29, 1.82) is 0 Å². The number of hydrogen-bond donors (Lipinski definition) is 1. The van der Waals surface area contributed by atoms with Crippen LogP contribution in [0.1, 0.15) is 29.7 Å². The number of halogens is 1. The number of nitrogens with one attached hydrogen (secondary N) is 1. The van der Waals surface area contributed by atoms with E-state index < -0.39 is 0 Å². The van der Waals surface area contributed by atoms with Gasteiger partial charge in [-0.25, -0.2) is 0 Å². The van der Waals surface area contributed by atoms with Gasteiger partial charge in [-0.3, -0.25) is 0 Å². The molecule has 3 rings (SSSR count). The minimum absolute atomic E-state index is 0.0857. The van der Waals surface area contributed by atoms with Crippen LogP contribution in [0.3, 0.4) is 0 Å². The van der Waals surface area contributed by atoms with Crippen LogP contribution in [0.15, 0.2) is 36.4 Å². The SMILES string of the molecule is CCOc1c(OC)ccc2c1CCNC2c1ccccc1Cl. The van der Waals surface area contributed by atoms with Crippen LogP contribution >= 0.6 is 11.6 Å². The topological polar surface area (TPSA) is 30.5 Å². The Morgan fingerprint density at radius 3 is 2.73 bits per heavy atom. The highest BCUT2D eigenvalue weighted by Gasteiger charge is 2.27. The number of hydrogen-bond acceptors (Lipinski definition) is 3. The van der Waals surface area contributed by atoms with E-state index in [4.69, 9.17) is 21.1 Å². The first-order chi connectivity index (χ1) is 10.8. The van der Waals surface area contributed by atoms with Crippen LogP contribution < -0.4 is 14.8 Å². The third-order valence-corrected chi connectivity index (χ3v) is 4.36. The minimum atomic E-state index is 0.0857. The molecule has 0 aliphatic carbocycles. The Labute approximate surface area is 136 Å². The summed E-state index contributed by atoms with van der Waals surface area (Å²) in [5.74, 6) is 1.65. The van der Waals surface area contributed by atoms with Crippen molar-refractivity contribution in [3.05, 3.63) is 58.1 Å². The van der Waals surface area contributed by atoms with Gasteiger partial charge in [-0.2, -0.15) is 0 Å². The maximum atomic E-state index is 6.39. The molecule has 3 nitrogen and oxygen atoms in total. The lowest BCUT2D eigenvalue weighted by Crippen LogP contribution is -2.31. The molecule has 0 fully saturated rings. The molecule has 0 amide bonds. The zero-order valence-electron chi connectivity index (χ0n) is 12.9. The molecule has 0 radical (unpaired) electrons. The summed E-state index contributed by atoms with van der Waals surface area (Å²) in [6, 6.07) is 12.1. The molecule has 0 saturated heterocycles. The summed E-state index contributed by atoms with van der Waals surface area (Å²) in [5.41, 5.74) is 3.52. The van der Waals surface area contributed by atoms with Crippen molar-refractivity contribution < 1.29 is 9.47 Å². The minimum Gasteiger partial charge on any atom is -0.493 e. The fraction of sp³-hybridized carbons (Fsp3) is 0.333. The van der Waals surface area contributed by atoms with Crippen LogP contribution in [0.4, 0.5) is 0 Å². The van der Waals surface area contributed by atoms with Gasteiger partial charge < -0.3 is 14.8 Å². The summed E-state index contributed by atoms with van der Waals surface area (Å²) < 4.78 is 11.3. The van der Waals surface area contributed by atoms with Gasteiger partial charge in [-0.05, 0) is 36.6 Å². The Morgan fingerprint density at radius 1 is 1.18 bits per heavy atom. The Balaban J connectivity index is 2.11. The third-order valence-electron chi connectivity index (χ3n) is 4.02. The Kier molecular flexibility index (Phi) is 4.55. The van der Waals surface area contributed by atoms with Gasteiger partial charge in [0, 0.05) is 17.1 Å². The predicted octanol–water partition coefficient (Wildman–Crippen LogP) is 3.98. The standard InChI is InChI=1S/C18H20ClNO2/c1-3-22-18-13-10-11-20-17(12(13)8-9-16(18)21-2)14-6-4-5-7-15(14)19/h4-9,17,20H,3,10-11H2,1-2H3. The zero-order chi connectivity index (χ0) is 15.5. The van der Waals surface area contributed by atoms with Crippen molar-refractivity contribution >= 4 is 11.6 Å². The number of methoxy groups -OCH3 is 1. The molecule has 1 aliphatic rings. The number of fused-ring (bicyclic) bond motifs is 1. The van der Waals surface area contributed by atoms with Crippen molar-refractivity contribution in [2.45, 2.75) is 19.4 Å². The molecule has 0 saturated carbocycles. The second-order valence-electron chi connectivity index (χ2n) is 5.26. The summed E-state index contributed by atoms with van der Waals surface area (Å²) in [4.78, 5) is 0. The highest BCUT2D eigenvalue weighted by Crippen LogP contribution is 2.41. The van der Waals surface area contributed by atoms with E-state index in [0.29, 0.717) is 6.61 Å². The second-order valence-corrected chi connectivity index (χ2v) is 5.66. The van der Waals surface area contributed by atoms with Crippen LogP contribution in [0.5, 0.6) is 11.5 Å². The van der Waals surface area contributed by atoms with Gasteiger partial charge in [-0.1, -0.05) is 35.9 Å². The molecule has 1 heterocycles. The fourth-order valence-corrected chi connectivity index (χ4v) is 3.30. The number of ether oxygens (including phenoxy) is 2. The number of benzene rings is 2. The maximum absolute atomic E-state index is 6.39. The third kappa shape index (κ3) is 2.67. The fourth-order valence-electron chi connectivity index (χ4n) is 3.05. The molecule has 116 valence electrons. The maximum Gasteiger partial charge on any atom is 0.164 e. The first kappa shape index (κ1) is 15.2. The monoisotopic (exact) mass is 317 g/mol. The van der Waals surface area contributed by atoms with Crippen molar-refractivity contribution in [3.63, 3.8) is 0 Å². The average Bonchev–Trinajstić information content (AvgIpc) is 2.55. The highest BCUT2D eigenvalue weighted by atomic mass is 35.5. The summed E-state index contributed by atoms with van der Waals surface area (Å²) >= 11 is 6.39. The van der Waals surface area contributed by atoms with Gasteiger partial charge in [0.1, 0.15) is 0 Å². The van der Waals surface area contributed by atoms with Gasteiger partial charge in [0.25, 0.3) is 0 Å². The van der Waals surface area contributed by atoms with E-state index in [1.165, 1.54) is 11.1 Å². The molecule has 22 heavy (non-hydrogen) atoms. The molecule has 1 unspecified atom stereocenters. The molecule has 2 aromatic carbocycles. The molecular formula is C18H20ClNO2. The molecule has 4 heteroatoms. The molecule has 1 N–H and O–H groups in total. The van der Waals surface area contributed by atoms with Crippen molar-refractivity contribution in [1.82, 2.24) is 5.32 Å². The van der Waals surface area contributed by atoms with E-state index in [1.807, 2.05) is 31.2 Å². The smallest absolute Gasteiger partial charge is 0.164 e. The second kappa shape index (κ2) is 6.59. The quantitative estimate of drug-likeness (QED) is 0.925. The zero-order valence-corrected chi connectivity index (χ0v) is 13.6. The van der Waals surface area contributed by atoms with Crippen LogP contribution in [-0.4, -0.2) is 20.3 Å². The van der Waals surface area contributed by atoms with Crippen LogP contribution in [0, 0.1) is 0 Å². The van der Waals surface area contributed by atoms with Gasteiger partial charge in [0.2, 0.25) is 0 Å². The van der Waals surface area contributed by atoms with E-state index in [9.17, 15) is 0 Å². The van der Waals surface area contributed by atoms with Gasteiger partial charge in [0.15, 0.2) is 11.5 Å². The lowest BCUT2D eigenvalue weighted by Gasteiger charge is -2.30. The van der Waals surface area contributed by atoms with E-state index >= 15 is 0 Å². The first-order valence-corrected chi connectivity index (χ1v) is 7.94. The van der Waals surface area contributed by atoms with Crippen molar-refractivity contribution in [2.75, 3.05) is 20.3 Å². The largest absolute Gasteiger partial charge is 0.493 e. The van der Waals surface area contributed by atoms with Crippen LogP contribution in [0.25, 0.3) is 0 Å². The van der Waals surface area contributed by atoms with Crippen LogP contribution in [0.2, 0.25) is 5.02 Å². The summed E-state index contributed by atoms with van der Waals surface area (Å²) in [6.07, 6.45) is 0.919. The lowest BCUT2D eigenvalue weighted by molar-refractivity contribution is 0.305. The van der Waals surface area contributed by atoms with Gasteiger partial charge >= 0.3 is 0 Å². The lowest BCUT2D eigenvalue weighted by atomic mass is 9.89. The van der Waals surface area contributed by atoms with E-state index in [2.05, 4.69) is 17.4 Å². The molecule has 1 atom stereocenters. The molecule has 1 aliphatic heterocycles. The van der Waals surface area contributed by atoms with Crippen molar-refractivity contribution in [3.8, 4) is 11.5 Å². The first-order valence-electron chi connectivity index (χ1n) is 7.56. The summed E-state index contributed by atoms with van der Waals surface area (Å²) in [7, 11) is 1.68.